The van der Waals surface area contributed by atoms with Crippen molar-refractivity contribution in [3.63, 3.8) is 0 Å². The van der Waals surface area contributed by atoms with Crippen LogP contribution in [0.3, 0.4) is 0 Å². The highest BCUT2D eigenvalue weighted by Crippen LogP contribution is 2.22. The van der Waals surface area contributed by atoms with Gasteiger partial charge in [-0.25, -0.2) is 0 Å². The molecule has 0 atom stereocenters. The molecule has 3 heteroatoms. The molecule has 0 aliphatic rings. The smallest absolute Gasteiger partial charge is 0.138 e. The fourth-order valence-electron chi connectivity index (χ4n) is 1.59. The number of nitriles is 2. The lowest BCUT2D eigenvalue weighted by atomic mass is 10.0. The predicted molar refractivity (Wildman–Crippen MR) is 65.4 cm³/mol. The van der Waals surface area contributed by atoms with Crippen LogP contribution in [-0.2, 0) is 0 Å². The zero-order chi connectivity index (χ0) is 12.7. The molecule has 88 valence electrons. The van der Waals surface area contributed by atoms with E-state index in [4.69, 9.17) is 15.3 Å². The van der Waals surface area contributed by atoms with Crippen LogP contribution in [0.1, 0.15) is 37.8 Å². The summed E-state index contributed by atoms with van der Waals surface area (Å²) in [7, 11) is 0. The van der Waals surface area contributed by atoms with E-state index in [0.29, 0.717) is 29.4 Å². The summed E-state index contributed by atoms with van der Waals surface area (Å²) in [5.41, 5.74) is 0.704. The SMILES string of the molecule is CCC(CC)COc1cccc(C#N)c1C#N. The number of nitrogens with zero attached hydrogens (tertiary/aromatic N) is 2. The number of benzene rings is 1. The number of ether oxygens (including phenoxy) is 1. The number of hydrogen-bond donors (Lipinski definition) is 0. The minimum Gasteiger partial charge on any atom is -0.492 e. The molecule has 0 amide bonds. The number of rotatable bonds is 5. The third kappa shape index (κ3) is 3.23. The van der Waals surface area contributed by atoms with Gasteiger partial charge in [0.1, 0.15) is 23.5 Å². The van der Waals surface area contributed by atoms with Crippen molar-refractivity contribution in [1.29, 1.82) is 10.5 Å². The van der Waals surface area contributed by atoms with E-state index < -0.39 is 0 Å². The standard InChI is InChI=1S/C14H16N2O/c1-3-11(4-2)10-17-14-7-5-6-12(8-15)13(14)9-16/h5-7,11H,3-4,10H2,1-2H3. The van der Waals surface area contributed by atoms with Gasteiger partial charge in [0.15, 0.2) is 0 Å². The minimum atomic E-state index is 0.334. The van der Waals surface area contributed by atoms with Crippen LogP contribution >= 0.6 is 0 Å². The summed E-state index contributed by atoms with van der Waals surface area (Å²) in [6.07, 6.45) is 2.10. The van der Waals surface area contributed by atoms with Crippen molar-refractivity contribution in [2.24, 2.45) is 5.92 Å². The van der Waals surface area contributed by atoms with Crippen LogP contribution in [0.2, 0.25) is 0 Å². The van der Waals surface area contributed by atoms with Gasteiger partial charge in [0.2, 0.25) is 0 Å². The van der Waals surface area contributed by atoms with E-state index in [2.05, 4.69) is 13.8 Å². The van der Waals surface area contributed by atoms with Gasteiger partial charge >= 0.3 is 0 Å². The van der Waals surface area contributed by atoms with Crippen LogP contribution < -0.4 is 4.74 Å². The van der Waals surface area contributed by atoms with E-state index in [0.717, 1.165) is 12.8 Å². The average Bonchev–Trinajstić information content (AvgIpc) is 2.39. The molecule has 0 unspecified atom stereocenters. The van der Waals surface area contributed by atoms with Crippen LogP contribution in [0.4, 0.5) is 0 Å². The lowest BCUT2D eigenvalue weighted by Gasteiger charge is -2.14. The van der Waals surface area contributed by atoms with E-state index in [1.807, 2.05) is 12.1 Å². The molecule has 0 N–H and O–H groups in total. The average molecular weight is 228 g/mol. The van der Waals surface area contributed by atoms with Crippen molar-refractivity contribution in [3.8, 4) is 17.9 Å². The second-order valence-corrected chi connectivity index (χ2v) is 3.90. The molecular weight excluding hydrogens is 212 g/mol. The van der Waals surface area contributed by atoms with Gasteiger partial charge in [-0.1, -0.05) is 32.8 Å². The molecular formula is C14H16N2O. The Labute approximate surface area is 102 Å². The topological polar surface area (TPSA) is 56.8 Å². The molecule has 1 aromatic carbocycles. The Kier molecular flexibility index (Phi) is 5.04. The quantitative estimate of drug-likeness (QED) is 0.777. The highest BCUT2D eigenvalue weighted by molar-refractivity contribution is 5.53. The van der Waals surface area contributed by atoms with E-state index in [1.165, 1.54) is 0 Å². The molecule has 0 aliphatic heterocycles. The molecule has 1 rings (SSSR count). The summed E-state index contributed by atoms with van der Waals surface area (Å²) in [4.78, 5) is 0. The summed E-state index contributed by atoms with van der Waals surface area (Å²) in [6, 6.07) is 9.13. The van der Waals surface area contributed by atoms with Gasteiger partial charge in [-0.3, -0.25) is 0 Å². The van der Waals surface area contributed by atoms with E-state index >= 15 is 0 Å². The lowest BCUT2D eigenvalue weighted by molar-refractivity contribution is 0.240. The molecule has 0 aliphatic carbocycles. The Morgan fingerprint density at radius 3 is 2.41 bits per heavy atom. The normalized spacial score (nSPS) is 9.71. The van der Waals surface area contributed by atoms with Gasteiger partial charge in [-0.05, 0) is 18.1 Å². The van der Waals surface area contributed by atoms with Crippen molar-refractivity contribution in [2.75, 3.05) is 6.61 Å². The Balaban J connectivity index is 2.86. The van der Waals surface area contributed by atoms with Crippen LogP contribution in [0, 0.1) is 28.6 Å². The van der Waals surface area contributed by atoms with Crippen LogP contribution in [0.25, 0.3) is 0 Å². The minimum absolute atomic E-state index is 0.334. The molecule has 3 nitrogen and oxygen atoms in total. The maximum atomic E-state index is 9.03. The summed E-state index contributed by atoms with van der Waals surface area (Å²) in [5.74, 6) is 1.01. The molecule has 0 saturated carbocycles. The second kappa shape index (κ2) is 6.55. The molecule has 0 heterocycles. The third-order valence-electron chi connectivity index (χ3n) is 2.89. The Morgan fingerprint density at radius 2 is 1.88 bits per heavy atom. The summed E-state index contributed by atoms with van der Waals surface area (Å²) >= 11 is 0. The van der Waals surface area contributed by atoms with Gasteiger partial charge in [0.05, 0.1) is 12.2 Å². The summed E-state index contributed by atoms with van der Waals surface area (Å²) in [6.45, 7) is 4.83. The van der Waals surface area contributed by atoms with Crippen molar-refractivity contribution < 1.29 is 4.74 Å². The molecule has 0 fully saturated rings. The largest absolute Gasteiger partial charge is 0.492 e. The van der Waals surface area contributed by atoms with E-state index in [1.54, 1.807) is 18.2 Å². The number of hydrogen-bond acceptors (Lipinski definition) is 3. The first-order chi connectivity index (χ1) is 8.26. The second-order valence-electron chi connectivity index (χ2n) is 3.90. The zero-order valence-electron chi connectivity index (χ0n) is 10.2. The first-order valence-corrected chi connectivity index (χ1v) is 5.82. The Bertz CT molecular complexity index is 450. The van der Waals surface area contributed by atoms with Gasteiger partial charge in [0, 0.05) is 0 Å². The van der Waals surface area contributed by atoms with Gasteiger partial charge in [0.25, 0.3) is 0 Å². The monoisotopic (exact) mass is 228 g/mol. The van der Waals surface area contributed by atoms with Crippen molar-refractivity contribution in [3.05, 3.63) is 29.3 Å². The van der Waals surface area contributed by atoms with Gasteiger partial charge < -0.3 is 4.74 Å². The van der Waals surface area contributed by atoms with Crippen molar-refractivity contribution in [2.45, 2.75) is 26.7 Å². The highest BCUT2D eigenvalue weighted by Gasteiger charge is 2.10. The van der Waals surface area contributed by atoms with E-state index in [9.17, 15) is 0 Å². The summed E-state index contributed by atoms with van der Waals surface area (Å²) in [5, 5.41) is 17.9. The van der Waals surface area contributed by atoms with E-state index in [-0.39, 0.29) is 0 Å². The van der Waals surface area contributed by atoms with Crippen LogP contribution in [0.15, 0.2) is 18.2 Å². The lowest BCUT2D eigenvalue weighted by Crippen LogP contribution is -2.11. The molecule has 17 heavy (non-hydrogen) atoms. The van der Waals surface area contributed by atoms with Crippen molar-refractivity contribution in [1.82, 2.24) is 0 Å². The predicted octanol–water partition coefficient (Wildman–Crippen LogP) is 3.24. The maximum absolute atomic E-state index is 9.03. The van der Waals surface area contributed by atoms with Gasteiger partial charge in [-0.15, -0.1) is 0 Å². The Hall–Kier alpha value is -2.00. The first-order valence-electron chi connectivity index (χ1n) is 5.82. The van der Waals surface area contributed by atoms with Crippen LogP contribution in [-0.4, -0.2) is 6.61 Å². The molecule has 0 spiro atoms. The third-order valence-corrected chi connectivity index (χ3v) is 2.89. The maximum Gasteiger partial charge on any atom is 0.138 e. The molecule has 1 aromatic rings. The van der Waals surface area contributed by atoms with Crippen molar-refractivity contribution >= 4 is 0 Å². The first kappa shape index (κ1) is 13.1. The fourth-order valence-corrected chi connectivity index (χ4v) is 1.59. The summed E-state index contributed by atoms with van der Waals surface area (Å²) < 4.78 is 5.64. The zero-order valence-corrected chi connectivity index (χ0v) is 10.2. The van der Waals surface area contributed by atoms with Gasteiger partial charge in [-0.2, -0.15) is 10.5 Å². The molecule has 0 bridgehead atoms. The molecule has 0 radical (unpaired) electrons. The molecule has 0 aromatic heterocycles. The van der Waals surface area contributed by atoms with Crippen LogP contribution in [0.5, 0.6) is 5.75 Å². The highest BCUT2D eigenvalue weighted by atomic mass is 16.5. The Morgan fingerprint density at radius 1 is 1.18 bits per heavy atom. The molecule has 0 saturated heterocycles. The fraction of sp³-hybridized carbons (Fsp3) is 0.429.